The van der Waals surface area contributed by atoms with Crippen LogP contribution in [0.2, 0.25) is 0 Å². The van der Waals surface area contributed by atoms with Crippen LogP contribution in [-0.4, -0.2) is 32.5 Å². The second kappa shape index (κ2) is 6.48. The fourth-order valence-corrected chi connectivity index (χ4v) is 3.37. The molecule has 1 aliphatic carbocycles. The van der Waals surface area contributed by atoms with Crippen molar-refractivity contribution in [3.05, 3.63) is 29.8 Å². The molecule has 1 saturated carbocycles. The Morgan fingerprint density at radius 1 is 1.19 bits per heavy atom. The molecule has 2 fully saturated rings. The van der Waals surface area contributed by atoms with Crippen molar-refractivity contribution in [3.8, 4) is 0 Å². The van der Waals surface area contributed by atoms with Gasteiger partial charge in [0.2, 0.25) is 0 Å². The van der Waals surface area contributed by atoms with Crippen LogP contribution in [0.5, 0.6) is 0 Å². The Labute approximate surface area is 126 Å². The normalized spacial score (nSPS) is 23.4. The molecule has 4 heteroatoms. The Kier molecular flexibility index (Phi) is 4.44. The number of anilines is 1. The maximum absolute atomic E-state index is 11.9. The summed E-state index contributed by atoms with van der Waals surface area (Å²) in [5.74, 6) is 0.694. The lowest BCUT2D eigenvalue weighted by Crippen LogP contribution is -2.25. The van der Waals surface area contributed by atoms with E-state index in [2.05, 4.69) is 12.1 Å². The molecular formula is C17H23NO3. The minimum atomic E-state index is -0.275. The average molecular weight is 289 g/mol. The quantitative estimate of drug-likeness (QED) is 0.848. The van der Waals surface area contributed by atoms with Gasteiger partial charge in [-0.1, -0.05) is 31.4 Å². The number of hydrogen-bond acceptors (Lipinski definition) is 3. The van der Waals surface area contributed by atoms with Crippen LogP contribution in [0.4, 0.5) is 10.5 Å². The van der Waals surface area contributed by atoms with Gasteiger partial charge in [0.15, 0.2) is 0 Å². The summed E-state index contributed by atoms with van der Waals surface area (Å²) in [5, 5.41) is 0. The van der Waals surface area contributed by atoms with Gasteiger partial charge >= 0.3 is 6.09 Å². The molecule has 21 heavy (non-hydrogen) atoms. The number of rotatable bonds is 4. The fourth-order valence-electron chi connectivity index (χ4n) is 3.37. The third kappa shape index (κ3) is 3.21. The van der Waals surface area contributed by atoms with Crippen LogP contribution in [0, 0.1) is 0 Å². The van der Waals surface area contributed by atoms with Gasteiger partial charge in [-0.2, -0.15) is 0 Å². The molecule has 1 atom stereocenters. The van der Waals surface area contributed by atoms with Crippen LogP contribution < -0.4 is 4.90 Å². The second-order valence-corrected chi connectivity index (χ2v) is 6.00. The standard InChI is InChI=1S/C17H23NO3/c1-20-12-16-11-18(17(19)21-16)15-9-7-14(8-10-15)13-5-3-2-4-6-13/h7-10,13,16H,2-6,11-12H2,1H3/t16-/m1/s1. The lowest BCUT2D eigenvalue weighted by molar-refractivity contribution is 0.0718. The monoisotopic (exact) mass is 289 g/mol. The van der Waals surface area contributed by atoms with Crippen molar-refractivity contribution >= 4 is 11.8 Å². The van der Waals surface area contributed by atoms with Gasteiger partial charge in [-0.05, 0) is 36.5 Å². The van der Waals surface area contributed by atoms with Crippen LogP contribution in [0.1, 0.15) is 43.6 Å². The van der Waals surface area contributed by atoms with Gasteiger partial charge in [-0.3, -0.25) is 4.90 Å². The van der Waals surface area contributed by atoms with E-state index in [1.165, 1.54) is 37.7 Å². The van der Waals surface area contributed by atoms with E-state index in [-0.39, 0.29) is 12.2 Å². The Morgan fingerprint density at radius 3 is 2.57 bits per heavy atom. The molecule has 2 aliphatic rings. The molecule has 114 valence electrons. The number of benzene rings is 1. The van der Waals surface area contributed by atoms with Crippen LogP contribution >= 0.6 is 0 Å². The third-order valence-corrected chi connectivity index (χ3v) is 4.51. The number of amides is 1. The van der Waals surface area contributed by atoms with Gasteiger partial charge in [0, 0.05) is 12.8 Å². The summed E-state index contributed by atoms with van der Waals surface area (Å²) >= 11 is 0. The van der Waals surface area contributed by atoms with E-state index in [1.54, 1.807) is 12.0 Å². The summed E-state index contributed by atoms with van der Waals surface area (Å²) < 4.78 is 10.3. The van der Waals surface area contributed by atoms with Gasteiger partial charge in [0.25, 0.3) is 0 Å². The van der Waals surface area contributed by atoms with Gasteiger partial charge in [-0.25, -0.2) is 4.79 Å². The van der Waals surface area contributed by atoms with Crippen molar-refractivity contribution < 1.29 is 14.3 Å². The maximum Gasteiger partial charge on any atom is 0.414 e. The zero-order valence-electron chi connectivity index (χ0n) is 12.6. The molecule has 3 rings (SSSR count). The Morgan fingerprint density at radius 2 is 1.90 bits per heavy atom. The number of methoxy groups -OCH3 is 1. The van der Waals surface area contributed by atoms with Gasteiger partial charge in [0.05, 0.1) is 13.2 Å². The zero-order chi connectivity index (χ0) is 14.7. The first kappa shape index (κ1) is 14.4. The predicted molar refractivity (Wildman–Crippen MR) is 81.8 cm³/mol. The van der Waals surface area contributed by atoms with E-state index >= 15 is 0 Å². The zero-order valence-corrected chi connectivity index (χ0v) is 12.6. The number of nitrogens with zero attached hydrogens (tertiary/aromatic N) is 1. The van der Waals surface area contributed by atoms with Crippen molar-refractivity contribution in [1.82, 2.24) is 0 Å². The Bertz CT molecular complexity index is 479. The Hall–Kier alpha value is -1.55. The molecule has 0 aromatic heterocycles. The van der Waals surface area contributed by atoms with E-state index in [9.17, 15) is 4.79 Å². The number of cyclic esters (lactones) is 1. The van der Waals surface area contributed by atoms with Crippen LogP contribution in [0.3, 0.4) is 0 Å². The van der Waals surface area contributed by atoms with Crippen molar-refractivity contribution in [3.63, 3.8) is 0 Å². The maximum atomic E-state index is 11.9. The summed E-state index contributed by atoms with van der Waals surface area (Å²) in [5.41, 5.74) is 2.32. The molecule has 1 aliphatic heterocycles. The van der Waals surface area contributed by atoms with Gasteiger partial charge < -0.3 is 9.47 Å². The lowest BCUT2D eigenvalue weighted by atomic mass is 9.84. The predicted octanol–water partition coefficient (Wildman–Crippen LogP) is 3.71. The third-order valence-electron chi connectivity index (χ3n) is 4.51. The first-order valence-electron chi connectivity index (χ1n) is 7.85. The van der Waals surface area contributed by atoms with E-state index in [4.69, 9.17) is 9.47 Å². The molecule has 1 heterocycles. The lowest BCUT2D eigenvalue weighted by Gasteiger charge is -2.22. The minimum absolute atomic E-state index is 0.166. The van der Waals surface area contributed by atoms with E-state index < -0.39 is 0 Å². The molecule has 1 saturated heterocycles. The first-order chi connectivity index (χ1) is 10.3. The fraction of sp³-hybridized carbons (Fsp3) is 0.588. The smallest absolute Gasteiger partial charge is 0.414 e. The summed E-state index contributed by atoms with van der Waals surface area (Å²) in [6.45, 7) is 1.01. The highest BCUT2D eigenvalue weighted by atomic mass is 16.6. The molecule has 0 radical (unpaired) electrons. The van der Waals surface area contributed by atoms with Crippen molar-refractivity contribution in [1.29, 1.82) is 0 Å². The SMILES string of the molecule is COC[C@H]1CN(c2ccc(C3CCCCC3)cc2)C(=O)O1. The first-order valence-corrected chi connectivity index (χ1v) is 7.85. The summed E-state index contributed by atoms with van der Waals surface area (Å²) in [6, 6.07) is 8.42. The number of carbonyl (C=O) groups excluding carboxylic acids is 1. The molecule has 0 bridgehead atoms. The number of ether oxygens (including phenoxy) is 2. The average Bonchev–Trinajstić information content (AvgIpc) is 2.89. The molecule has 0 unspecified atom stereocenters. The largest absolute Gasteiger partial charge is 0.441 e. The van der Waals surface area contributed by atoms with Crippen molar-refractivity contribution in [2.45, 2.75) is 44.1 Å². The minimum Gasteiger partial charge on any atom is -0.441 e. The second-order valence-electron chi connectivity index (χ2n) is 6.00. The van der Waals surface area contributed by atoms with Crippen LogP contribution in [0.15, 0.2) is 24.3 Å². The van der Waals surface area contributed by atoms with Gasteiger partial charge in [-0.15, -0.1) is 0 Å². The van der Waals surface area contributed by atoms with Crippen molar-refractivity contribution in [2.24, 2.45) is 0 Å². The Balaban J connectivity index is 1.67. The number of carbonyl (C=O) groups is 1. The molecule has 0 N–H and O–H groups in total. The summed E-state index contributed by atoms with van der Waals surface area (Å²) in [6.07, 6.45) is 6.19. The summed E-state index contributed by atoms with van der Waals surface area (Å²) in [4.78, 5) is 13.6. The van der Waals surface area contributed by atoms with E-state index in [0.29, 0.717) is 19.1 Å². The van der Waals surface area contributed by atoms with E-state index in [1.807, 2.05) is 12.1 Å². The highest BCUT2D eigenvalue weighted by Crippen LogP contribution is 2.33. The molecular weight excluding hydrogens is 266 g/mol. The molecule has 1 aromatic rings. The highest BCUT2D eigenvalue weighted by Gasteiger charge is 2.32. The molecule has 1 aromatic carbocycles. The molecule has 1 amide bonds. The molecule has 0 spiro atoms. The topological polar surface area (TPSA) is 38.8 Å². The molecule has 4 nitrogen and oxygen atoms in total. The number of hydrogen-bond donors (Lipinski definition) is 0. The van der Waals surface area contributed by atoms with Gasteiger partial charge in [0.1, 0.15) is 6.10 Å². The van der Waals surface area contributed by atoms with Crippen molar-refractivity contribution in [2.75, 3.05) is 25.2 Å². The summed E-state index contributed by atoms with van der Waals surface area (Å²) in [7, 11) is 1.62. The van der Waals surface area contributed by atoms with Crippen LogP contribution in [0.25, 0.3) is 0 Å². The van der Waals surface area contributed by atoms with Crippen LogP contribution in [-0.2, 0) is 9.47 Å². The highest BCUT2D eigenvalue weighted by molar-refractivity contribution is 5.89. The van der Waals surface area contributed by atoms with E-state index in [0.717, 1.165) is 5.69 Å².